The Bertz CT molecular complexity index is 906. The molecular formula is C21H27NO4S. The quantitative estimate of drug-likeness (QED) is 0.783. The molecule has 0 bridgehead atoms. The summed E-state index contributed by atoms with van der Waals surface area (Å²) in [5, 5.41) is 4.83. The molecule has 1 aromatic heterocycles. The largest absolute Gasteiger partial charge is 0.489 e. The molecule has 2 N–H and O–H groups in total. The van der Waals surface area contributed by atoms with Crippen LogP contribution in [0.25, 0.3) is 5.57 Å². The van der Waals surface area contributed by atoms with Crippen LogP contribution in [0.3, 0.4) is 0 Å². The molecule has 1 aliphatic rings. The normalized spacial score (nSPS) is 14.0. The molecular weight excluding hydrogens is 362 g/mol. The van der Waals surface area contributed by atoms with E-state index in [0.717, 1.165) is 19.3 Å². The van der Waals surface area contributed by atoms with Gasteiger partial charge in [-0.15, -0.1) is 0 Å². The number of hydrogen-bond donors (Lipinski definition) is 1. The van der Waals surface area contributed by atoms with Gasteiger partial charge < -0.3 is 9.15 Å². The summed E-state index contributed by atoms with van der Waals surface area (Å²) in [5.41, 5.74) is 3.17. The van der Waals surface area contributed by atoms with E-state index in [1.807, 2.05) is 38.1 Å². The van der Waals surface area contributed by atoms with Gasteiger partial charge in [0.05, 0.1) is 0 Å². The minimum atomic E-state index is -3.84. The van der Waals surface area contributed by atoms with Crippen molar-refractivity contribution in [3.05, 3.63) is 65.4 Å². The Morgan fingerprint density at radius 3 is 2.52 bits per heavy atom. The van der Waals surface area contributed by atoms with Crippen LogP contribution in [0.4, 0.5) is 0 Å². The Labute approximate surface area is 161 Å². The minimum absolute atomic E-state index is 0.218. The van der Waals surface area contributed by atoms with Crippen molar-refractivity contribution in [3.8, 4) is 5.75 Å². The minimum Gasteiger partial charge on any atom is -0.489 e. The molecule has 146 valence electrons. The molecule has 0 atom stereocenters. The average Bonchev–Trinajstić information content (AvgIpc) is 2.86. The van der Waals surface area contributed by atoms with E-state index < -0.39 is 10.0 Å². The smallest absolute Gasteiger partial charge is 0.271 e. The first-order valence-electron chi connectivity index (χ1n) is 9.14. The lowest BCUT2D eigenvalue weighted by Gasteiger charge is -2.08. The van der Waals surface area contributed by atoms with E-state index in [0.29, 0.717) is 17.1 Å². The highest BCUT2D eigenvalue weighted by atomic mass is 32.2. The number of furan rings is 1. The lowest BCUT2D eigenvalue weighted by Crippen LogP contribution is -2.10. The number of ether oxygens (including phenoxy) is 1. The molecule has 1 aliphatic carbocycles. The molecule has 0 aliphatic heterocycles. The molecule has 2 aromatic rings. The van der Waals surface area contributed by atoms with Crippen molar-refractivity contribution in [2.75, 3.05) is 0 Å². The zero-order valence-corrected chi connectivity index (χ0v) is 16.9. The zero-order valence-electron chi connectivity index (χ0n) is 16.1. The second-order valence-corrected chi connectivity index (χ2v) is 7.51. The van der Waals surface area contributed by atoms with E-state index in [4.69, 9.17) is 14.3 Å². The first-order chi connectivity index (χ1) is 12.9. The molecule has 5 nitrogen and oxygen atoms in total. The van der Waals surface area contributed by atoms with Crippen molar-refractivity contribution in [1.82, 2.24) is 0 Å². The van der Waals surface area contributed by atoms with Gasteiger partial charge in [0.1, 0.15) is 18.1 Å². The topological polar surface area (TPSA) is 82.5 Å². The van der Waals surface area contributed by atoms with E-state index in [1.54, 1.807) is 6.92 Å². The molecule has 3 rings (SSSR count). The lowest BCUT2D eigenvalue weighted by atomic mass is 10.0. The van der Waals surface area contributed by atoms with Crippen LogP contribution in [0.2, 0.25) is 0 Å². The molecule has 0 saturated carbocycles. The van der Waals surface area contributed by atoms with Crippen LogP contribution in [-0.4, -0.2) is 8.42 Å². The van der Waals surface area contributed by atoms with Crippen LogP contribution in [0, 0.1) is 6.92 Å². The molecule has 0 saturated heterocycles. The molecule has 27 heavy (non-hydrogen) atoms. The van der Waals surface area contributed by atoms with Gasteiger partial charge in [0.15, 0.2) is 0 Å². The summed E-state index contributed by atoms with van der Waals surface area (Å²) in [4.78, 5) is 0. The van der Waals surface area contributed by atoms with Crippen molar-refractivity contribution >= 4 is 15.6 Å². The Morgan fingerprint density at radius 2 is 1.89 bits per heavy atom. The molecule has 6 heteroatoms. The maximum Gasteiger partial charge on any atom is 0.271 e. The number of rotatable bonds is 5. The van der Waals surface area contributed by atoms with Crippen molar-refractivity contribution in [2.24, 2.45) is 5.14 Å². The highest BCUT2D eigenvalue weighted by molar-refractivity contribution is 7.89. The standard InChI is InChI=1S/C19H21NO4S.C2H6/c1-14-17(12-19(24-14)25(20,21)22)13-23-18-10-8-16(9-11-18)15-6-4-2-3-5-7-15;1-2/h2,4,6,8-12H,3,5,7,13H2,1H3,(H2,20,21,22);1-2H3. The van der Waals surface area contributed by atoms with E-state index in [2.05, 4.69) is 18.2 Å². The maximum atomic E-state index is 11.3. The number of allylic oxidation sites excluding steroid dienone is 4. The fraction of sp³-hybridized carbons (Fsp3) is 0.333. The van der Waals surface area contributed by atoms with Gasteiger partial charge in [0.2, 0.25) is 5.09 Å². The van der Waals surface area contributed by atoms with Crippen LogP contribution in [0.5, 0.6) is 5.75 Å². The van der Waals surface area contributed by atoms with E-state index in [-0.39, 0.29) is 11.7 Å². The summed E-state index contributed by atoms with van der Waals surface area (Å²) in [6.07, 6.45) is 9.80. The van der Waals surface area contributed by atoms with Gasteiger partial charge in [-0.25, -0.2) is 13.6 Å². The first kappa shape index (κ1) is 21.0. The fourth-order valence-electron chi connectivity index (χ4n) is 2.71. The summed E-state index contributed by atoms with van der Waals surface area (Å²) < 4.78 is 33.5. The summed E-state index contributed by atoms with van der Waals surface area (Å²) in [6.45, 7) is 5.90. The van der Waals surface area contributed by atoms with Crippen molar-refractivity contribution in [2.45, 2.75) is 51.7 Å². The molecule has 0 radical (unpaired) electrons. The van der Waals surface area contributed by atoms with E-state index >= 15 is 0 Å². The molecule has 0 amide bonds. The SMILES string of the molecule is CC.Cc1oc(S(N)(=O)=O)cc1COc1ccc(C2=CC=CCCC2)cc1. The van der Waals surface area contributed by atoms with Gasteiger partial charge in [0, 0.05) is 11.6 Å². The van der Waals surface area contributed by atoms with Gasteiger partial charge in [-0.05, 0) is 49.5 Å². The summed E-state index contributed by atoms with van der Waals surface area (Å²) in [5.74, 6) is 1.20. The van der Waals surface area contributed by atoms with Crippen LogP contribution in [-0.2, 0) is 16.6 Å². The summed E-state index contributed by atoms with van der Waals surface area (Å²) >= 11 is 0. The molecule has 0 fully saturated rings. The van der Waals surface area contributed by atoms with Gasteiger partial charge >= 0.3 is 0 Å². The van der Waals surface area contributed by atoms with E-state index in [9.17, 15) is 8.42 Å². The van der Waals surface area contributed by atoms with Crippen molar-refractivity contribution in [1.29, 1.82) is 0 Å². The second-order valence-electron chi connectivity index (χ2n) is 6.02. The highest BCUT2D eigenvalue weighted by Gasteiger charge is 2.16. The number of hydrogen-bond acceptors (Lipinski definition) is 4. The number of benzene rings is 1. The molecule has 1 heterocycles. The number of nitrogens with two attached hydrogens (primary N) is 1. The number of aryl methyl sites for hydroxylation is 1. The molecule has 0 unspecified atom stereocenters. The molecule has 0 spiro atoms. The van der Waals surface area contributed by atoms with Crippen LogP contribution < -0.4 is 9.88 Å². The Kier molecular flexibility index (Phi) is 7.45. The summed E-state index contributed by atoms with van der Waals surface area (Å²) in [6, 6.07) is 9.32. The van der Waals surface area contributed by atoms with Gasteiger partial charge in [-0.1, -0.05) is 44.2 Å². The highest BCUT2D eigenvalue weighted by Crippen LogP contribution is 2.26. The maximum absolute atomic E-state index is 11.3. The van der Waals surface area contributed by atoms with E-state index in [1.165, 1.54) is 17.2 Å². The van der Waals surface area contributed by atoms with Gasteiger partial charge in [-0.3, -0.25) is 0 Å². The number of sulfonamides is 1. The van der Waals surface area contributed by atoms with Crippen LogP contribution in [0.15, 0.2) is 58.1 Å². The van der Waals surface area contributed by atoms with Crippen molar-refractivity contribution < 1.29 is 17.6 Å². The monoisotopic (exact) mass is 389 g/mol. The first-order valence-corrected chi connectivity index (χ1v) is 10.7. The predicted octanol–water partition coefficient (Wildman–Crippen LogP) is 4.96. The van der Waals surface area contributed by atoms with Gasteiger partial charge in [0.25, 0.3) is 10.0 Å². The van der Waals surface area contributed by atoms with Crippen molar-refractivity contribution in [3.63, 3.8) is 0 Å². The third-order valence-electron chi connectivity index (χ3n) is 4.15. The lowest BCUT2D eigenvalue weighted by molar-refractivity contribution is 0.302. The fourth-order valence-corrected chi connectivity index (χ4v) is 3.26. The van der Waals surface area contributed by atoms with Crippen LogP contribution >= 0.6 is 0 Å². The Balaban J connectivity index is 0.00000126. The Hall–Kier alpha value is -2.31. The third-order valence-corrected chi connectivity index (χ3v) is 4.91. The zero-order chi connectivity index (χ0) is 19.9. The summed E-state index contributed by atoms with van der Waals surface area (Å²) in [7, 11) is -3.84. The average molecular weight is 390 g/mol. The third kappa shape index (κ3) is 5.84. The predicted molar refractivity (Wildman–Crippen MR) is 108 cm³/mol. The van der Waals surface area contributed by atoms with Crippen LogP contribution in [0.1, 0.15) is 50.0 Å². The number of primary sulfonamides is 1. The second kappa shape index (κ2) is 9.58. The Morgan fingerprint density at radius 1 is 1.19 bits per heavy atom. The molecule has 1 aromatic carbocycles. The van der Waals surface area contributed by atoms with Gasteiger partial charge in [-0.2, -0.15) is 0 Å².